The molecule has 9 saturated heterocycles. The lowest BCUT2D eigenvalue weighted by Crippen LogP contribution is -2.54. The van der Waals surface area contributed by atoms with Crippen molar-refractivity contribution in [3.63, 3.8) is 0 Å². The minimum Gasteiger partial charge on any atom is -0.381 e. The van der Waals surface area contributed by atoms with Gasteiger partial charge in [-0.3, -0.25) is 0 Å². The van der Waals surface area contributed by atoms with E-state index in [-0.39, 0.29) is 72.3 Å². The highest BCUT2D eigenvalue weighted by Gasteiger charge is 2.32. The Kier molecular flexibility index (Phi) is 68.0. The van der Waals surface area contributed by atoms with Crippen LogP contribution in [0.3, 0.4) is 0 Å². The average molecular weight is 1420 g/mol. The van der Waals surface area contributed by atoms with E-state index in [0.717, 1.165) is 122 Å². The summed E-state index contributed by atoms with van der Waals surface area (Å²) < 4.78 is 22.0. The van der Waals surface area contributed by atoms with Crippen molar-refractivity contribution in [1.29, 1.82) is 0 Å². The van der Waals surface area contributed by atoms with Crippen molar-refractivity contribution in [3.05, 3.63) is 0 Å². The molecule has 8 unspecified atom stereocenters. The predicted octanol–water partition coefficient (Wildman–Crippen LogP) is 20.3. The summed E-state index contributed by atoms with van der Waals surface area (Å²) in [5.41, 5.74) is 3.70. The van der Waals surface area contributed by atoms with Crippen molar-refractivity contribution in [1.82, 2.24) is 47.9 Å². The van der Waals surface area contributed by atoms with Crippen LogP contribution in [0, 0.1) is 66.5 Å². The zero-order valence-corrected chi connectivity index (χ0v) is 65.5. The molecule has 9 N–H and O–H groups in total. The number of hydrogen-bond acceptors (Lipinski definition) is 13. The fourth-order valence-electron chi connectivity index (χ4n) is 12.5. The van der Waals surface area contributed by atoms with E-state index in [9.17, 15) is 0 Å². The van der Waals surface area contributed by atoms with Crippen molar-refractivity contribution >= 4 is 0 Å². The fourth-order valence-corrected chi connectivity index (χ4v) is 12.5. The minimum absolute atomic E-state index is 0. The van der Waals surface area contributed by atoms with Gasteiger partial charge in [-0.05, 0) is 170 Å². The molecule has 0 aliphatic carbocycles. The van der Waals surface area contributed by atoms with Crippen LogP contribution in [0.5, 0.6) is 0 Å². The van der Waals surface area contributed by atoms with Crippen LogP contribution in [0.25, 0.3) is 0 Å². The minimum atomic E-state index is 0. The number of rotatable bonds is 0. The quantitative estimate of drug-likeness (QED) is 0.114. The van der Waals surface area contributed by atoms with E-state index in [0.29, 0.717) is 73.7 Å². The van der Waals surface area contributed by atoms with Crippen molar-refractivity contribution in [2.75, 3.05) is 131 Å². The van der Waals surface area contributed by atoms with Gasteiger partial charge in [-0.15, -0.1) is 0 Å². The molecular formula is C86H199N9O4. The number of hydrogen-bond donors (Lipinski definition) is 9. The Morgan fingerprint density at radius 3 is 0.879 bits per heavy atom. The van der Waals surface area contributed by atoms with Crippen LogP contribution < -0.4 is 47.9 Å². The molecule has 612 valence electrons. The second-order valence-corrected chi connectivity index (χ2v) is 37.7. The van der Waals surface area contributed by atoms with Gasteiger partial charge in [0.15, 0.2) is 0 Å². The highest BCUT2D eigenvalue weighted by molar-refractivity contribution is 4.88. The van der Waals surface area contributed by atoms with Crippen molar-refractivity contribution in [3.8, 4) is 0 Å². The highest BCUT2D eigenvalue weighted by Crippen LogP contribution is 2.35. The molecule has 9 fully saturated rings. The van der Waals surface area contributed by atoms with Crippen LogP contribution in [-0.4, -0.2) is 168 Å². The predicted molar refractivity (Wildman–Crippen MR) is 454 cm³/mol. The van der Waals surface area contributed by atoms with Crippen LogP contribution in [0.2, 0.25) is 0 Å². The first-order valence-electron chi connectivity index (χ1n) is 37.3. The van der Waals surface area contributed by atoms with Gasteiger partial charge in [-0.1, -0.05) is 260 Å². The monoisotopic (exact) mass is 1420 g/mol. The normalized spacial score (nSPS) is 25.4. The molecule has 0 aromatic carbocycles. The molecule has 8 atom stereocenters. The fraction of sp³-hybridized carbons (Fsp3) is 1.00. The zero-order valence-electron chi connectivity index (χ0n) is 65.5. The van der Waals surface area contributed by atoms with Crippen LogP contribution in [-0.2, 0) is 18.9 Å². The second-order valence-electron chi connectivity index (χ2n) is 37.7. The molecule has 9 heterocycles. The Hall–Kier alpha value is -0.520. The van der Waals surface area contributed by atoms with E-state index < -0.39 is 0 Å². The maximum Gasteiger partial charge on any atom is 0.0748 e. The first-order chi connectivity index (χ1) is 41.4. The molecule has 0 amide bonds. The topological polar surface area (TPSA) is 145 Å². The largest absolute Gasteiger partial charge is 0.381 e. The highest BCUT2D eigenvalue weighted by atomic mass is 16.5. The molecule has 0 aromatic heterocycles. The van der Waals surface area contributed by atoms with E-state index in [1.807, 2.05) is 0 Å². The number of morpholine rings is 2. The Morgan fingerprint density at radius 1 is 0.222 bits per heavy atom. The smallest absolute Gasteiger partial charge is 0.0748 e. The van der Waals surface area contributed by atoms with Gasteiger partial charge in [0.1, 0.15) is 0 Å². The molecule has 0 bridgehead atoms. The summed E-state index contributed by atoms with van der Waals surface area (Å²) in [5.74, 6) is 2.61. The molecule has 13 heteroatoms. The summed E-state index contributed by atoms with van der Waals surface area (Å²) in [4.78, 5) is 0. The first kappa shape index (κ1) is 117. The first-order valence-corrected chi connectivity index (χ1v) is 37.3. The van der Waals surface area contributed by atoms with Gasteiger partial charge in [0.05, 0.1) is 32.0 Å². The molecule has 9 aliphatic heterocycles. The molecule has 99 heavy (non-hydrogen) atoms. The molecule has 0 spiro atoms. The van der Waals surface area contributed by atoms with E-state index >= 15 is 0 Å². The Morgan fingerprint density at radius 2 is 0.636 bits per heavy atom. The van der Waals surface area contributed by atoms with Gasteiger partial charge in [0.25, 0.3) is 0 Å². The maximum absolute atomic E-state index is 5.64. The van der Waals surface area contributed by atoms with E-state index in [2.05, 4.69) is 235 Å². The number of nitrogens with one attached hydrogen (secondary N) is 9. The number of piperidine rings is 3. The van der Waals surface area contributed by atoms with Crippen LogP contribution >= 0.6 is 0 Å². The van der Waals surface area contributed by atoms with Crippen molar-refractivity contribution < 1.29 is 18.9 Å². The lowest BCUT2D eigenvalue weighted by atomic mass is 9.76. The third-order valence-electron chi connectivity index (χ3n) is 20.0. The lowest BCUT2D eigenvalue weighted by molar-refractivity contribution is -0.0474. The van der Waals surface area contributed by atoms with Crippen molar-refractivity contribution in [2.45, 2.75) is 367 Å². The van der Waals surface area contributed by atoms with Gasteiger partial charge in [-0.2, -0.15) is 0 Å². The molecule has 9 aliphatic rings. The molecule has 13 nitrogen and oxygen atoms in total. The van der Waals surface area contributed by atoms with Gasteiger partial charge in [0, 0.05) is 103 Å². The van der Waals surface area contributed by atoms with Crippen molar-refractivity contribution in [2.24, 2.45) is 66.5 Å². The molecule has 0 saturated carbocycles. The molecule has 9 rings (SSSR count). The third-order valence-corrected chi connectivity index (χ3v) is 20.0. The van der Waals surface area contributed by atoms with E-state index in [4.69, 9.17) is 18.9 Å². The summed E-state index contributed by atoms with van der Waals surface area (Å²) in [6, 6.07) is 2.56. The Bertz CT molecular complexity index is 1290. The van der Waals surface area contributed by atoms with Gasteiger partial charge < -0.3 is 66.8 Å². The van der Waals surface area contributed by atoms with Gasteiger partial charge >= 0.3 is 0 Å². The molecule has 0 aromatic rings. The summed E-state index contributed by atoms with van der Waals surface area (Å²) >= 11 is 0. The summed E-state index contributed by atoms with van der Waals surface area (Å²) in [5, 5.41) is 30.9. The molecule has 0 radical (unpaired) electrons. The Labute approximate surface area is 628 Å². The van der Waals surface area contributed by atoms with Crippen LogP contribution in [0.1, 0.15) is 331 Å². The maximum atomic E-state index is 5.64. The van der Waals surface area contributed by atoms with Crippen LogP contribution in [0.4, 0.5) is 0 Å². The SMILES string of the molecule is C.C.C.C.C.C.C.C.C.CC(C)(C)C1CCCCN1.CC(C)(C)C1CCCCO1.CC(C)(C)C1CCCNC1.CC(C)(C)C1CCCOC1.CC(C)(C)C1CCNCC1.CC(C)(C)C1CNCCN1.CC(C)(C)C1CNCCN1.CC(C)(C)C1CNCCO1.CC(C)(C)C1COCCN1. The zero-order chi connectivity index (χ0) is 68.5. The van der Waals surface area contributed by atoms with E-state index in [1.165, 1.54) is 110 Å². The number of piperazine rings is 2. The molecular weight excluding hydrogens is 1220 g/mol. The standard InChI is InChI=1S/3C9H19N.2C9H18O.2C8H18N2.2C8H17NO.9CH4/c1-9(2,3)8-4-6-10-7-5-8;1-9(2,3)8-5-4-6-10-7-8;1-9(2,3)8-6-4-5-7-10-8;1-9(2,3)8-5-4-6-10-7-8;1-9(2,3)8-6-4-5-7-10-8;2*1-8(2,3)7-6-9-4-5-10-7;1-8(2,3)7-6-10-5-4-9-7;1-8(2,3)7-6-9-4-5-10-7;;;;;;;;;/h3*8,10H,4-7H2,1-3H3;2*8H,4-7H2,1-3H3;2*7,9-10H,4-6H2,1-3H3;2*7,9H,4-6H2,1-3H3;9*1H4. The second kappa shape index (κ2) is 57.6. The van der Waals surface area contributed by atoms with Gasteiger partial charge in [-0.25, -0.2) is 0 Å². The van der Waals surface area contributed by atoms with Crippen LogP contribution in [0.15, 0.2) is 0 Å². The number of ether oxygens (including phenoxy) is 4. The average Bonchev–Trinajstić information content (AvgIpc) is 1.11. The third kappa shape index (κ3) is 56.4. The van der Waals surface area contributed by atoms with E-state index in [1.54, 1.807) is 0 Å². The Balaban J connectivity index is -0.000000130. The lowest BCUT2D eigenvalue weighted by Gasteiger charge is -2.35. The van der Waals surface area contributed by atoms with Gasteiger partial charge in [0.2, 0.25) is 0 Å². The summed E-state index contributed by atoms with van der Waals surface area (Å²) in [7, 11) is 0. The summed E-state index contributed by atoms with van der Waals surface area (Å²) in [6.45, 7) is 83.0. The summed E-state index contributed by atoms with van der Waals surface area (Å²) in [6.07, 6.45) is 17.0.